The Labute approximate surface area is 126 Å². The number of hydrogen-bond acceptors (Lipinski definition) is 4. The smallest absolute Gasteiger partial charge is 0.262 e. The molecule has 1 N–H and O–H groups in total. The number of nitrogens with zero attached hydrogens (tertiary/aromatic N) is 2. The van der Waals surface area contributed by atoms with Crippen molar-refractivity contribution in [3.05, 3.63) is 47.0 Å². The first-order valence-corrected chi connectivity index (χ1v) is 8.74. The van der Waals surface area contributed by atoms with Gasteiger partial charge in [-0.1, -0.05) is 24.3 Å². The molecule has 0 unspecified atom stereocenters. The summed E-state index contributed by atoms with van der Waals surface area (Å²) in [5.74, 6) is 0.909. The van der Waals surface area contributed by atoms with Gasteiger partial charge in [-0.25, -0.2) is 22.2 Å². The van der Waals surface area contributed by atoms with Gasteiger partial charge in [-0.2, -0.15) is 5.10 Å². The molecule has 1 fully saturated rings. The predicted octanol–water partition coefficient (Wildman–Crippen LogP) is 2.73. The van der Waals surface area contributed by atoms with Crippen LogP contribution in [-0.2, 0) is 21.3 Å². The van der Waals surface area contributed by atoms with Crippen molar-refractivity contribution >= 4 is 9.84 Å². The summed E-state index contributed by atoms with van der Waals surface area (Å²) in [6.07, 6.45) is -0.471. The van der Waals surface area contributed by atoms with Gasteiger partial charge in [0.15, 0.2) is 15.7 Å². The first-order chi connectivity index (χ1) is 10.4. The van der Waals surface area contributed by atoms with Gasteiger partial charge in [0.25, 0.3) is 6.43 Å². The zero-order valence-electron chi connectivity index (χ0n) is 11.7. The van der Waals surface area contributed by atoms with E-state index < -0.39 is 16.3 Å². The molecule has 0 atom stereocenters. The SMILES string of the molecule is O=S(=O)(Cc1ccc(C(F)F)cc1)Cc1nc(C2CC2)n[nH]1. The second-order valence-electron chi connectivity index (χ2n) is 5.49. The Morgan fingerprint density at radius 1 is 1.18 bits per heavy atom. The monoisotopic (exact) mass is 327 g/mol. The van der Waals surface area contributed by atoms with E-state index in [-0.39, 0.29) is 17.1 Å². The van der Waals surface area contributed by atoms with Crippen LogP contribution in [0, 0.1) is 0 Å². The van der Waals surface area contributed by atoms with E-state index in [2.05, 4.69) is 15.2 Å². The standard InChI is InChI=1S/C14H15F2N3O2S/c15-13(16)10-3-1-9(2-4-10)7-22(20,21)8-12-17-14(19-18-12)11-5-6-11/h1-4,11,13H,5-8H2,(H,17,18,19). The second-order valence-corrected chi connectivity index (χ2v) is 7.55. The lowest BCUT2D eigenvalue weighted by Gasteiger charge is -2.04. The van der Waals surface area contributed by atoms with E-state index in [4.69, 9.17) is 0 Å². The fourth-order valence-corrected chi connectivity index (χ4v) is 3.52. The maximum absolute atomic E-state index is 12.5. The Bertz CT molecular complexity index is 753. The van der Waals surface area contributed by atoms with Gasteiger partial charge in [-0.05, 0) is 18.4 Å². The molecular formula is C14H15F2N3O2S. The molecule has 0 spiro atoms. The van der Waals surface area contributed by atoms with Crippen molar-refractivity contribution in [2.75, 3.05) is 0 Å². The summed E-state index contributed by atoms with van der Waals surface area (Å²) in [4.78, 5) is 4.19. The summed E-state index contributed by atoms with van der Waals surface area (Å²) in [7, 11) is -3.43. The molecule has 5 nitrogen and oxygen atoms in total. The molecule has 1 aliphatic carbocycles. The Morgan fingerprint density at radius 3 is 2.45 bits per heavy atom. The maximum atomic E-state index is 12.5. The molecule has 22 heavy (non-hydrogen) atoms. The zero-order valence-corrected chi connectivity index (χ0v) is 12.5. The average Bonchev–Trinajstić information content (AvgIpc) is 3.20. The summed E-state index contributed by atoms with van der Waals surface area (Å²) >= 11 is 0. The van der Waals surface area contributed by atoms with Gasteiger partial charge < -0.3 is 0 Å². The van der Waals surface area contributed by atoms with E-state index in [0.29, 0.717) is 23.1 Å². The normalized spacial score (nSPS) is 15.4. The van der Waals surface area contributed by atoms with Gasteiger partial charge in [0.2, 0.25) is 0 Å². The third-order valence-electron chi connectivity index (χ3n) is 3.47. The lowest BCUT2D eigenvalue weighted by atomic mass is 10.2. The molecule has 1 aromatic heterocycles. The van der Waals surface area contributed by atoms with E-state index in [1.165, 1.54) is 24.3 Å². The number of hydrogen-bond donors (Lipinski definition) is 1. The number of sulfone groups is 1. The summed E-state index contributed by atoms with van der Waals surface area (Å²) in [5, 5.41) is 6.67. The van der Waals surface area contributed by atoms with E-state index in [1.54, 1.807) is 0 Å². The van der Waals surface area contributed by atoms with E-state index in [1.807, 2.05) is 0 Å². The van der Waals surface area contributed by atoms with Crippen LogP contribution in [0.1, 0.15) is 48.0 Å². The van der Waals surface area contributed by atoms with Crippen molar-refractivity contribution in [3.8, 4) is 0 Å². The minimum atomic E-state index is -3.43. The number of H-pyrrole nitrogens is 1. The maximum Gasteiger partial charge on any atom is 0.263 e. The molecule has 8 heteroatoms. The van der Waals surface area contributed by atoms with E-state index in [0.717, 1.165) is 12.8 Å². The molecular weight excluding hydrogens is 312 g/mol. The number of aromatic amines is 1. The summed E-state index contributed by atoms with van der Waals surface area (Å²) < 4.78 is 49.2. The van der Waals surface area contributed by atoms with Gasteiger partial charge in [0.05, 0.1) is 5.75 Å². The van der Waals surface area contributed by atoms with Crippen molar-refractivity contribution in [2.24, 2.45) is 0 Å². The van der Waals surface area contributed by atoms with Gasteiger partial charge in [-0.15, -0.1) is 0 Å². The van der Waals surface area contributed by atoms with Gasteiger partial charge >= 0.3 is 0 Å². The molecule has 1 saturated carbocycles. The Kier molecular flexibility index (Phi) is 3.94. The number of benzene rings is 1. The lowest BCUT2D eigenvalue weighted by molar-refractivity contribution is 0.151. The number of rotatable bonds is 6. The fraction of sp³-hybridized carbons (Fsp3) is 0.429. The topological polar surface area (TPSA) is 75.7 Å². The Hall–Kier alpha value is -1.83. The number of alkyl halides is 2. The molecule has 0 saturated heterocycles. The molecule has 2 aromatic rings. The zero-order chi connectivity index (χ0) is 15.7. The highest BCUT2D eigenvalue weighted by molar-refractivity contribution is 7.89. The number of aromatic nitrogens is 3. The van der Waals surface area contributed by atoms with E-state index in [9.17, 15) is 17.2 Å². The van der Waals surface area contributed by atoms with Crippen molar-refractivity contribution in [2.45, 2.75) is 36.7 Å². The minimum absolute atomic E-state index is 0.120. The molecule has 1 aromatic carbocycles. The van der Waals surface area contributed by atoms with Crippen LogP contribution in [0.15, 0.2) is 24.3 Å². The van der Waals surface area contributed by atoms with Crippen molar-refractivity contribution in [1.82, 2.24) is 15.2 Å². The van der Waals surface area contributed by atoms with E-state index >= 15 is 0 Å². The quantitative estimate of drug-likeness (QED) is 0.885. The third kappa shape index (κ3) is 3.68. The molecule has 0 bridgehead atoms. The van der Waals surface area contributed by atoms with Gasteiger partial charge in [-0.3, -0.25) is 5.10 Å². The molecule has 0 aliphatic heterocycles. The highest BCUT2D eigenvalue weighted by Crippen LogP contribution is 2.37. The second kappa shape index (κ2) is 5.75. The van der Waals surface area contributed by atoms with Crippen LogP contribution < -0.4 is 0 Å². The lowest BCUT2D eigenvalue weighted by Crippen LogP contribution is -2.09. The fourth-order valence-electron chi connectivity index (χ4n) is 2.17. The predicted molar refractivity (Wildman–Crippen MR) is 76.1 cm³/mol. The molecule has 1 aliphatic rings. The third-order valence-corrected chi connectivity index (χ3v) is 4.95. The van der Waals surface area contributed by atoms with Crippen molar-refractivity contribution in [3.63, 3.8) is 0 Å². The summed E-state index contributed by atoms with van der Waals surface area (Å²) in [6.45, 7) is 0. The van der Waals surface area contributed by atoms with Crippen molar-refractivity contribution < 1.29 is 17.2 Å². The van der Waals surface area contributed by atoms with Crippen LogP contribution in [-0.4, -0.2) is 23.6 Å². The van der Waals surface area contributed by atoms with Crippen LogP contribution >= 0.6 is 0 Å². The number of nitrogens with one attached hydrogen (secondary N) is 1. The molecule has 3 rings (SSSR count). The van der Waals surface area contributed by atoms with Gasteiger partial charge in [0.1, 0.15) is 11.6 Å². The van der Waals surface area contributed by atoms with Crippen LogP contribution in [0.5, 0.6) is 0 Å². The van der Waals surface area contributed by atoms with Crippen LogP contribution in [0.4, 0.5) is 8.78 Å². The van der Waals surface area contributed by atoms with Crippen molar-refractivity contribution in [1.29, 1.82) is 0 Å². The highest BCUT2D eigenvalue weighted by atomic mass is 32.2. The Balaban J connectivity index is 1.66. The van der Waals surface area contributed by atoms with Crippen LogP contribution in [0.25, 0.3) is 0 Å². The first kappa shape index (κ1) is 15.1. The molecule has 0 radical (unpaired) electrons. The average molecular weight is 327 g/mol. The molecule has 1 heterocycles. The number of halogens is 2. The summed E-state index contributed by atoms with van der Waals surface area (Å²) in [6, 6.07) is 5.31. The molecule has 0 amide bonds. The van der Waals surface area contributed by atoms with Crippen LogP contribution in [0.3, 0.4) is 0 Å². The molecule has 118 valence electrons. The highest BCUT2D eigenvalue weighted by Gasteiger charge is 2.28. The first-order valence-electron chi connectivity index (χ1n) is 6.91. The van der Waals surface area contributed by atoms with Crippen LogP contribution in [0.2, 0.25) is 0 Å². The largest absolute Gasteiger partial charge is 0.263 e. The Morgan fingerprint density at radius 2 is 1.86 bits per heavy atom. The van der Waals surface area contributed by atoms with Gasteiger partial charge in [0, 0.05) is 11.5 Å². The summed E-state index contributed by atoms with van der Waals surface area (Å²) in [5.41, 5.74) is 0.358. The minimum Gasteiger partial charge on any atom is -0.262 e.